The molecule has 1 saturated heterocycles. The summed E-state index contributed by atoms with van der Waals surface area (Å²) in [6.07, 6.45) is 7.84. The van der Waals surface area contributed by atoms with Crippen molar-refractivity contribution in [3.05, 3.63) is 41.6 Å². The molecule has 0 spiro atoms. The van der Waals surface area contributed by atoms with E-state index in [4.69, 9.17) is 14.3 Å². The van der Waals surface area contributed by atoms with Crippen LogP contribution in [0.25, 0.3) is 6.08 Å². The van der Waals surface area contributed by atoms with E-state index in [1.54, 1.807) is 7.11 Å². The molecule has 1 fully saturated rings. The SMILES string of the molecule is COc1cc(/C=C/C2=NOC3COC[C@@]3(C)N2C)ccc1N1C=NCC(C)=C1. The minimum atomic E-state index is -0.194. The Morgan fingerprint density at radius 1 is 1.32 bits per heavy atom. The molecule has 2 atom stereocenters. The van der Waals surface area contributed by atoms with Gasteiger partial charge in [0.15, 0.2) is 11.9 Å². The summed E-state index contributed by atoms with van der Waals surface area (Å²) in [5.41, 5.74) is 2.98. The third-order valence-electron chi connectivity index (χ3n) is 5.55. The van der Waals surface area contributed by atoms with Gasteiger partial charge in [-0.1, -0.05) is 17.3 Å². The second-order valence-electron chi connectivity index (χ2n) is 7.58. The van der Waals surface area contributed by atoms with Crippen LogP contribution in [-0.2, 0) is 9.57 Å². The van der Waals surface area contributed by atoms with Crippen molar-refractivity contribution in [1.82, 2.24) is 4.90 Å². The molecule has 1 aromatic carbocycles. The lowest BCUT2D eigenvalue weighted by Crippen LogP contribution is -2.57. The molecule has 0 aromatic heterocycles. The monoisotopic (exact) mass is 382 g/mol. The summed E-state index contributed by atoms with van der Waals surface area (Å²) in [5.74, 6) is 1.56. The maximum absolute atomic E-state index is 5.65. The van der Waals surface area contributed by atoms with E-state index in [-0.39, 0.29) is 11.6 Å². The van der Waals surface area contributed by atoms with Gasteiger partial charge in [0.05, 0.1) is 38.9 Å². The zero-order chi connectivity index (χ0) is 19.7. The molecule has 28 heavy (non-hydrogen) atoms. The number of likely N-dealkylation sites (N-methyl/N-ethyl adjacent to an activating group) is 1. The maximum Gasteiger partial charge on any atom is 0.175 e. The minimum absolute atomic E-state index is 0.0308. The Labute approximate surface area is 165 Å². The zero-order valence-electron chi connectivity index (χ0n) is 16.8. The van der Waals surface area contributed by atoms with Crippen molar-refractivity contribution in [2.75, 3.05) is 38.8 Å². The van der Waals surface area contributed by atoms with Crippen molar-refractivity contribution in [3.63, 3.8) is 0 Å². The molecular weight excluding hydrogens is 356 g/mol. The summed E-state index contributed by atoms with van der Waals surface area (Å²) in [7, 11) is 3.71. The number of aliphatic imine (C=N–C) groups is 1. The molecule has 3 heterocycles. The largest absolute Gasteiger partial charge is 0.495 e. The van der Waals surface area contributed by atoms with Gasteiger partial charge in [0.2, 0.25) is 0 Å². The van der Waals surface area contributed by atoms with Gasteiger partial charge in [0.25, 0.3) is 0 Å². The van der Waals surface area contributed by atoms with Gasteiger partial charge in [0.1, 0.15) is 11.3 Å². The van der Waals surface area contributed by atoms with Crippen molar-refractivity contribution >= 4 is 23.9 Å². The van der Waals surface area contributed by atoms with Gasteiger partial charge < -0.3 is 24.1 Å². The van der Waals surface area contributed by atoms with Crippen LogP contribution in [0.15, 0.2) is 46.2 Å². The quantitative estimate of drug-likeness (QED) is 0.801. The van der Waals surface area contributed by atoms with Crippen LogP contribution < -0.4 is 9.64 Å². The number of rotatable bonds is 4. The number of fused-ring (bicyclic) bond motifs is 1. The first kappa shape index (κ1) is 18.6. The molecule has 3 aliphatic heterocycles. The molecule has 3 aliphatic rings. The number of ether oxygens (including phenoxy) is 2. The zero-order valence-corrected chi connectivity index (χ0v) is 16.8. The smallest absolute Gasteiger partial charge is 0.175 e. The molecule has 1 aromatic rings. The maximum atomic E-state index is 5.65. The van der Waals surface area contributed by atoms with Crippen LogP contribution in [-0.4, -0.2) is 62.6 Å². The Bertz CT molecular complexity index is 876. The van der Waals surface area contributed by atoms with Crippen molar-refractivity contribution < 1.29 is 14.3 Å². The first-order valence-electron chi connectivity index (χ1n) is 9.38. The number of anilines is 1. The van der Waals surface area contributed by atoms with E-state index in [1.807, 2.05) is 48.6 Å². The molecular formula is C21H26N4O3. The number of oxime groups is 1. The second kappa shape index (κ2) is 7.31. The van der Waals surface area contributed by atoms with E-state index < -0.39 is 0 Å². The van der Waals surface area contributed by atoms with Crippen molar-refractivity contribution in [3.8, 4) is 5.75 Å². The molecule has 0 bridgehead atoms. The fourth-order valence-corrected chi connectivity index (χ4v) is 3.58. The number of hydrogen-bond acceptors (Lipinski definition) is 7. The van der Waals surface area contributed by atoms with Crippen LogP contribution in [0.3, 0.4) is 0 Å². The number of methoxy groups -OCH3 is 1. The van der Waals surface area contributed by atoms with Gasteiger partial charge in [-0.25, -0.2) is 0 Å². The van der Waals surface area contributed by atoms with Gasteiger partial charge >= 0.3 is 0 Å². The van der Waals surface area contributed by atoms with Gasteiger partial charge in [-0.2, -0.15) is 0 Å². The van der Waals surface area contributed by atoms with Gasteiger partial charge in [-0.15, -0.1) is 0 Å². The van der Waals surface area contributed by atoms with Crippen LogP contribution in [0.1, 0.15) is 19.4 Å². The Balaban J connectivity index is 1.55. The number of hydrogen-bond donors (Lipinski definition) is 0. The Morgan fingerprint density at radius 2 is 2.18 bits per heavy atom. The average molecular weight is 382 g/mol. The highest BCUT2D eigenvalue weighted by molar-refractivity contribution is 5.97. The van der Waals surface area contributed by atoms with E-state index in [1.165, 1.54) is 5.57 Å². The van der Waals surface area contributed by atoms with Gasteiger partial charge in [-0.05, 0) is 43.2 Å². The molecule has 0 radical (unpaired) electrons. The number of benzene rings is 1. The fourth-order valence-electron chi connectivity index (χ4n) is 3.58. The van der Waals surface area contributed by atoms with Crippen molar-refractivity contribution in [2.24, 2.45) is 10.1 Å². The van der Waals surface area contributed by atoms with Crippen molar-refractivity contribution in [1.29, 1.82) is 0 Å². The average Bonchev–Trinajstić information content (AvgIpc) is 3.10. The molecule has 0 N–H and O–H groups in total. The predicted molar refractivity (Wildman–Crippen MR) is 111 cm³/mol. The lowest BCUT2D eigenvalue weighted by Gasteiger charge is -2.41. The highest BCUT2D eigenvalue weighted by Gasteiger charge is 2.48. The molecule has 7 heteroatoms. The molecule has 0 aliphatic carbocycles. The van der Waals surface area contributed by atoms with E-state index in [0.717, 1.165) is 29.4 Å². The van der Waals surface area contributed by atoms with Gasteiger partial charge in [0, 0.05) is 13.2 Å². The second-order valence-corrected chi connectivity index (χ2v) is 7.58. The number of nitrogens with zero attached hydrogens (tertiary/aromatic N) is 4. The first-order valence-corrected chi connectivity index (χ1v) is 9.38. The Kier molecular flexibility index (Phi) is 4.85. The standard InChI is InChI=1S/C21H26N4O3/c1-15-10-22-14-25(11-15)17-7-5-16(9-18(17)26-4)6-8-20-23-28-19-12-27-13-21(19,2)24(20)3/h5-9,11,14,19H,10,12-13H2,1-4H3/b8-6+/t19?,21-/m1/s1. The highest BCUT2D eigenvalue weighted by Crippen LogP contribution is 2.33. The molecule has 4 rings (SSSR count). The van der Waals surface area contributed by atoms with E-state index in [0.29, 0.717) is 13.2 Å². The van der Waals surface area contributed by atoms with Crippen LogP contribution in [0.4, 0.5) is 5.69 Å². The fraction of sp³-hybridized carbons (Fsp3) is 0.429. The Hall–Kier alpha value is -2.80. The molecule has 0 saturated carbocycles. The Morgan fingerprint density at radius 3 is 2.96 bits per heavy atom. The van der Waals surface area contributed by atoms with Crippen molar-refractivity contribution in [2.45, 2.75) is 25.5 Å². The lowest BCUT2D eigenvalue weighted by molar-refractivity contribution is -0.0284. The third kappa shape index (κ3) is 3.26. The van der Waals surface area contributed by atoms with Gasteiger partial charge in [-0.3, -0.25) is 4.99 Å². The molecule has 1 unspecified atom stereocenters. The summed E-state index contributed by atoms with van der Waals surface area (Å²) < 4.78 is 11.2. The minimum Gasteiger partial charge on any atom is -0.495 e. The first-order chi connectivity index (χ1) is 13.5. The molecule has 148 valence electrons. The summed E-state index contributed by atoms with van der Waals surface area (Å²) in [6, 6.07) is 6.09. The van der Waals surface area contributed by atoms with Crippen LogP contribution in [0.2, 0.25) is 0 Å². The summed E-state index contributed by atoms with van der Waals surface area (Å²) in [6.45, 7) is 6.15. The molecule has 7 nitrogen and oxygen atoms in total. The molecule has 0 amide bonds. The summed E-state index contributed by atoms with van der Waals surface area (Å²) >= 11 is 0. The van der Waals surface area contributed by atoms with Crippen LogP contribution in [0, 0.1) is 0 Å². The van der Waals surface area contributed by atoms with E-state index in [2.05, 4.69) is 35.1 Å². The number of amidine groups is 1. The predicted octanol–water partition coefficient (Wildman–Crippen LogP) is 2.89. The van der Waals surface area contributed by atoms with Crippen LogP contribution in [0.5, 0.6) is 5.75 Å². The highest BCUT2D eigenvalue weighted by atomic mass is 16.7. The topological polar surface area (TPSA) is 58.9 Å². The summed E-state index contributed by atoms with van der Waals surface area (Å²) in [4.78, 5) is 14.1. The van der Waals surface area contributed by atoms with E-state index >= 15 is 0 Å². The lowest BCUT2D eigenvalue weighted by atomic mass is 9.95. The summed E-state index contributed by atoms with van der Waals surface area (Å²) in [5, 5.41) is 4.27. The van der Waals surface area contributed by atoms with E-state index in [9.17, 15) is 0 Å². The normalized spacial score (nSPS) is 26.8. The third-order valence-corrected chi connectivity index (χ3v) is 5.55. The van der Waals surface area contributed by atoms with Crippen LogP contribution >= 0.6 is 0 Å².